The highest BCUT2D eigenvalue weighted by Gasteiger charge is 2.39. The van der Waals surface area contributed by atoms with Crippen molar-refractivity contribution in [1.82, 2.24) is 5.32 Å². The molecule has 104 valence electrons. The normalized spacial score (nSPS) is 22.5. The van der Waals surface area contributed by atoms with Crippen LogP contribution >= 0.6 is 15.9 Å². The van der Waals surface area contributed by atoms with E-state index in [1.165, 1.54) is 0 Å². The SMILES string of the molecule is CCCC1(C(=O)Nc2ccc(Br)c(C)c2)CCCN1. The third-order valence-corrected chi connectivity index (χ3v) is 4.66. The van der Waals surface area contributed by atoms with Crippen LogP contribution in [0.1, 0.15) is 38.2 Å². The second-order valence-corrected chi connectivity index (χ2v) is 6.13. The summed E-state index contributed by atoms with van der Waals surface area (Å²) in [5.41, 5.74) is 1.63. The lowest BCUT2D eigenvalue weighted by Crippen LogP contribution is -2.50. The van der Waals surface area contributed by atoms with Crippen molar-refractivity contribution in [3.63, 3.8) is 0 Å². The molecule has 1 aromatic rings. The lowest BCUT2D eigenvalue weighted by Gasteiger charge is -2.28. The van der Waals surface area contributed by atoms with Gasteiger partial charge in [0.25, 0.3) is 0 Å². The van der Waals surface area contributed by atoms with Gasteiger partial charge in [-0.25, -0.2) is 0 Å². The molecule has 1 amide bonds. The lowest BCUT2D eigenvalue weighted by atomic mass is 9.90. The fourth-order valence-electron chi connectivity index (χ4n) is 2.73. The Morgan fingerprint density at radius 2 is 2.32 bits per heavy atom. The van der Waals surface area contributed by atoms with Crippen LogP contribution in [-0.4, -0.2) is 18.0 Å². The number of carbonyl (C=O) groups excluding carboxylic acids is 1. The summed E-state index contributed by atoms with van der Waals surface area (Å²) in [5.74, 6) is 0.105. The van der Waals surface area contributed by atoms with E-state index in [9.17, 15) is 4.79 Å². The molecule has 1 atom stereocenters. The Bertz CT molecular complexity index is 467. The average molecular weight is 325 g/mol. The van der Waals surface area contributed by atoms with E-state index in [1.54, 1.807) is 0 Å². The van der Waals surface area contributed by atoms with Crippen molar-refractivity contribution in [2.24, 2.45) is 0 Å². The van der Waals surface area contributed by atoms with Crippen molar-refractivity contribution in [1.29, 1.82) is 0 Å². The Labute approximate surface area is 123 Å². The number of aryl methyl sites for hydroxylation is 1. The molecule has 0 bridgehead atoms. The van der Waals surface area contributed by atoms with Crippen molar-refractivity contribution >= 4 is 27.5 Å². The Morgan fingerprint density at radius 3 is 2.89 bits per heavy atom. The predicted molar refractivity (Wildman–Crippen MR) is 82.4 cm³/mol. The van der Waals surface area contributed by atoms with E-state index in [2.05, 4.69) is 33.5 Å². The van der Waals surface area contributed by atoms with Gasteiger partial charge in [0.1, 0.15) is 0 Å². The number of hydrogen-bond donors (Lipinski definition) is 2. The molecule has 1 aromatic carbocycles. The highest BCUT2D eigenvalue weighted by atomic mass is 79.9. The third kappa shape index (κ3) is 3.18. The molecule has 1 aliphatic rings. The van der Waals surface area contributed by atoms with Crippen LogP contribution < -0.4 is 10.6 Å². The van der Waals surface area contributed by atoms with Crippen LogP contribution in [0.15, 0.2) is 22.7 Å². The van der Waals surface area contributed by atoms with Gasteiger partial charge in [-0.05, 0) is 56.5 Å². The van der Waals surface area contributed by atoms with Gasteiger partial charge in [-0.3, -0.25) is 4.79 Å². The molecule has 1 aliphatic heterocycles. The maximum absolute atomic E-state index is 12.5. The maximum atomic E-state index is 12.5. The minimum atomic E-state index is -0.365. The molecular weight excluding hydrogens is 304 g/mol. The fraction of sp³-hybridized carbons (Fsp3) is 0.533. The second kappa shape index (κ2) is 6.06. The van der Waals surface area contributed by atoms with Crippen LogP contribution in [0, 0.1) is 6.92 Å². The number of hydrogen-bond acceptors (Lipinski definition) is 2. The van der Waals surface area contributed by atoms with E-state index >= 15 is 0 Å². The number of carbonyl (C=O) groups is 1. The Morgan fingerprint density at radius 1 is 1.53 bits per heavy atom. The van der Waals surface area contributed by atoms with E-state index < -0.39 is 0 Å². The largest absolute Gasteiger partial charge is 0.324 e. The van der Waals surface area contributed by atoms with Crippen molar-refractivity contribution in [3.8, 4) is 0 Å². The maximum Gasteiger partial charge on any atom is 0.244 e. The molecule has 3 nitrogen and oxygen atoms in total. The number of anilines is 1. The first kappa shape index (κ1) is 14.5. The summed E-state index contributed by atoms with van der Waals surface area (Å²) in [6.45, 7) is 5.08. The van der Waals surface area contributed by atoms with E-state index in [4.69, 9.17) is 0 Å². The summed E-state index contributed by atoms with van der Waals surface area (Å²) in [7, 11) is 0. The molecule has 1 heterocycles. The van der Waals surface area contributed by atoms with Crippen LogP contribution in [0.3, 0.4) is 0 Å². The first-order chi connectivity index (χ1) is 9.07. The number of rotatable bonds is 4. The third-order valence-electron chi connectivity index (χ3n) is 3.77. The minimum Gasteiger partial charge on any atom is -0.324 e. The zero-order valence-electron chi connectivity index (χ0n) is 11.6. The van der Waals surface area contributed by atoms with Crippen molar-refractivity contribution in [2.75, 3.05) is 11.9 Å². The van der Waals surface area contributed by atoms with Crippen molar-refractivity contribution in [2.45, 2.75) is 45.1 Å². The monoisotopic (exact) mass is 324 g/mol. The standard InChI is InChI=1S/C15H21BrN2O/c1-3-7-15(8-4-9-17-15)14(19)18-12-5-6-13(16)11(2)10-12/h5-6,10,17H,3-4,7-9H2,1-2H3,(H,18,19). The van der Waals surface area contributed by atoms with Gasteiger partial charge in [-0.2, -0.15) is 0 Å². The van der Waals surface area contributed by atoms with E-state index in [0.29, 0.717) is 0 Å². The summed E-state index contributed by atoms with van der Waals surface area (Å²) < 4.78 is 1.06. The minimum absolute atomic E-state index is 0.105. The van der Waals surface area contributed by atoms with Crippen LogP contribution in [0.5, 0.6) is 0 Å². The Kier molecular flexibility index (Phi) is 4.63. The van der Waals surface area contributed by atoms with E-state index in [0.717, 1.165) is 48.0 Å². The van der Waals surface area contributed by atoms with Crippen molar-refractivity contribution in [3.05, 3.63) is 28.2 Å². The predicted octanol–water partition coefficient (Wildman–Crippen LogP) is 3.62. The molecule has 2 N–H and O–H groups in total. The van der Waals surface area contributed by atoms with Gasteiger partial charge >= 0.3 is 0 Å². The first-order valence-electron chi connectivity index (χ1n) is 6.90. The zero-order chi connectivity index (χ0) is 13.9. The second-order valence-electron chi connectivity index (χ2n) is 5.28. The summed E-state index contributed by atoms with van der Waals surface area (Å²) in [5, 5.41) is 6.45. The molecule has 19 heavy (non-hydrogen) atoms. The molecule has 0 saturated carbocycles. The van der Waals surface area contributed by atoms with Gasteiger partial charge in [-0.1, -0.05) is 29.3 Å². The zero-order valence-corrected chi connectivity index (χ0v) is 13.1. The quantitative estimate of drug-likeness (QED) is 0.888. The molecule has 4 heteroatoms. The summed E-state index contributed by atoms with van der Waals surface area (Å²) in [6.07, 6.45) is 3.92. The van der Waals surface area contributed by atoms with Crippen LogP contribution in [0.25, 0.3) is 0 Å². The molecule has 0 radical (unpaired) electrons. The molecule has 0 spiro atoms. The number of amides is 1. The Hall–Kier alpha value is -0.870. The number of halogens is 1. The summed E-state index contributed by atoms with van der Waals surface area (Å²) in [6, 6.07) is 5.90. The lowest BCUT2D eigenvalue weighted by molar-refractivity contribution is -0.122. The molecule has 1 saturated heterocycles. The number of benzene rings is 1. The fourth-order valence-corrected chi connectivity index (χ4v) is 2.97. The van der Waals surface area contributed by atoms with Gasteiger partial charge in [0.2, 0.25) is 5.91 Å². The van der Waals surface area contributed by atoms with Crippen molar-refractivity contribution < 1.29 is 4.79 Å². The van der Waals surface area contributed by atoms with Crippen LogP contribution in [0.4, 0.5) is 5.69 Å². The topological polar surface area (TPSA) is 41.1 Å². The summed E-state index contributed by atoms with van der Waals surface area (Å²) in [4.78, 5) is 12.5. The first-order valence-corrected chi connectivity index (χ1v) is 7.69. The van der Waals surface area contributed by atoms with E-state index in [-0.39, 0.29) is 11.4 Å². The van der Waals surface area contributed by atoms with Crippen LogP contribution in [0.2, 0.25) is 0 Å². The van der Waals surface area contributed by atoms with Gasteiger partial charge < -0.3 is 10.6 Å². The van der Waals surface area contributed by atoms with E-state index in [1.807, 2.05) is 25.1 Å². The Balaban J connectivity index is 2.12. The average Bonchev–Trinajstić information content (AvgIpc) is 2.84. The number of nitrogens with one attached hydrogen (secondary N) is 2. The van der Waals surface area contributed by atoms with Gasteiger partial charge in [-0.15, -0.1) is 0 Å². The highest BCUT2D eigenvalue weighted by molar-refractivity contribution is 9.10. The molecule has 1 fully saturated rings. The molecule has 1 unspecified atom stereocenters. The molecule has 0 aromatic heterocycles. The summed E-state index contributed by atoms with van der Waals surface area (Å²) >= 11 is 3.47. The van der Waals surface area contributed by atoms with Crippen LogP contribution in [-0.2, 0) is 4.79 Å². The van der Waals surface area contributed by atoms with Gasteiger partial charge in [0, 0.05) is 10.2 Å². The smallest absolute Gasteiger partial charge is 0.244 e. The molecule has 2 rings (SSSR count). The van der Waals surface area contributed by atoms with Gasteiger partial charge in [0.15, 0.2) is 0 Å². The molecule has 0 aliphatic carbocycles. The highest BCUT2D eigenvalue weighted by Crippen LogP contribution is 2.27. The molecular formula is C15H21BrN2O. The van der Waals surface area contributed by atoms with Gasteiger partial charge in [0.05, 0.1) is 5.54 Å².